The van der Waals surface area contributed by atoms with Gasteiger partial charge in [-0.15, -0.1) is 0 Å². The molecule has 0 fully saturated rings. The molecule has 1 rings (SSSR count). The highest BCUT2D eigenvalue weighted by molar-refractivity contribution is 6.32. The number of pyridine rings is 1. The molecule has 1 atom stereocenters. The van der Waals surface area contributed by atoms with E-state index in [-0.39, 0.29) is 16.6 Å². The van der Waals surface area contributed by atoms with Gasteiger partial charge in [0.15, 0.2) is 6.10 Å². The van der Waals surface area contributed by atoms with Crippen LogP contribution >= 0.6 is 11.6 Å². The second kappa shape index (κ2) is 6.85. The quantitative estimate of drug-likeness (QED) is 0.639. The lowest BCUT2D eigenvalue weighted by molar-refractivity contribution is -0.130. The number of esters is 1. The summed E-state index contributed by atoms with van der Waals surface area (Å²) in [6.07, 6.45) is 0.255. The van der Waals surface area contributed by atoms with Gasteiger partial charge in [-0.2, -0.15) is 0 Å². The molecule has 0 radical (unpaired) electrons. The normalized spacial score (nSPS) is 11.8. The van der Waals surface area contributed by atoms with Gasteiger partial charge in [0, 0.05) is 6.20 Å². The van der Waals surface area contributed by atoms with Crippen molar-refractivity contribution in [3.8, 4) is 0 Å². The zero-order valence-corrected chi connectivity index (χ0v) is 11.7. The van der Waals surface area contributed by atoms with Crippen molar-refractivity contribution >= 4 is 29.5 Å². The SMILES string of the molecule is CC(C)[C@@H](OC(=O)c1cccnc1Cl)C(=O)NC(N)=O. The maximum Gasteiger partial charge on any atom is 0.342 e. The third-order valence-electron chi connectivity index (χ3n) is 2.32. The summed E-state index contributed by atoms with van der Waals surface area (Å²) in [4.78, 5) is 38.0. The summed E-state index contributed by atoms with van der Waals surface area (Å²) < 4.78 is 5.06. The number of aromatic nitrogens is 1. The van der Waals surface area contributed by atoms with Crippen molar-refractivity contribution in [2.75, 3.05) is 0 Å². The molecule has 0 aliphatic heterocycles. The average Bonchev–Trinajstić information content (AvgIpc) is 2.34. The fourth-order valence-corrected chi connectivity index (χ4v) is 1.60. The number of carbonyl (C=O) groups is 3. The summed E-state index contributed by atoms with van der Waals surface area (Å²) in [6.45, 7) is 3.31. The van der Waals surface area contributed by atoms with Gasteiger partial charge in [0.25, 0.3) is 5.91 Å². The minimum atomic E-state index is -1.16. The number of amides is 3. The van der Waals surface area contributed by atoms with Crippen molar-refractivity contribution in [2.24, 2.45) is 11.7 Å². The van der Waals surface area contributed by atoms with E-state index >= 15 is 0 Å². The van der Waals surface area contributed by atoms with E-state index in [0.29, 0.717) is 0 Å². The molecule has 1 aromatic heterocycles. The van der Waals surface area contributed by atoms with Gasteiger partial charge in [-0.25, -0.2) is 14.6 Å². The van der Waals surface area contributed by atoms with Crippen molar-refractivity contribution in [2.45, 2.75) is 20.0 Å². The monoisotopic (exact) mass is 299 g/mol. The van der Waals surface area contributed by atoms with E-state index in [2.05, 4.69) is 4.98 Å². The molecule has 0 aliphatic rings. The zero-order valence-electron chi connectivity index (χ0n) is 10.9. The first-order valence-corrected chi connectivity index (χ1v) is 6.12. The highest BCUT2D eigenvalue weighted by atomic mass is 35.5. The Morgan fingerprint density at radius 2 is 2.05 bits per heavy atom. The van der Waals surface area contributed by atoms with Gasteiger partial charge in [0.2, 0.25) is 0 Å². The van der Waals surface area contributed by atoms with Crippen LogP contribution in [0.3, 0.4) is 0 Å². The first kappa shape index (κ1) is 15.9. The minimum absolute atomic E-state index is 0.0321. The number of nitrogens with two attached hydrogens (primary N) is 1. The van der Waals surface area contributed by atoms with Crippen LogP contribution in [0.4, 0.5) is 4.79 Å². The molecule has 20 heavy (non-hydrogen) atoms. The molecule has 0 saturated heterocycles. The second-order valence-electron chi connectivity index (χ2n) is 4.27. The molecule has 7 nitrogen and oxygen atoms in total. The van der Waals surface area contributed by atoms with Crippen LogP contribution in [0, 0.1) is 5.92 Å². The zero-order chi connectivity index (χ0) is 15.3. The Bertz CT molecular complexity index is 533. The predicted molar refractivity (Wildman–Crippen MR) is 71.0 cm³/mol. The van der Waals surface area contributed by atoms with Gasteiger partial charge in [-0.1, -0.05) is 25.4 Å². The Kier molecular flexibility index (Phi) is 5.45. The maximum atomic E-state index is 11.9. The summed E-state index contributed by atoms with van der Waals surface area (Å²) in [6, 6.07) is 1.91. The highest BCUT2D eigenvalue weighted by Crippen LogP contribution is 2.16. The molecular weight excluding hydrogens is 286 g/mol. The number of imide groups is 1. The number of rotatable bonds is 4. The fourth-order valence-electron chi connectivity index (χ4n) is 1.40. The molecule has 3 N–H and O–H groups in total. The van der Waals surface area contributed by atoms with Crippen LogP contribution in [0.25, 0.3) is 0 Å². The maximum absolute atomic E-state index is 11.9. The third-order valence-corrected chi connectivity index (χ3v) is 2.62. The summed E-state index contributed by atoms with van der Waals surface area (Å²) in [5, 5.41) is 1.84. The molecule has 0 unspecified atom stereocenters. The molecule has 0 bridgehead atoms. The van der Waals surface area contributed by atoms with Crippen LogP contribution in [0.2, 0.25) is 5.15 Å². The van der Waals surface area contributed by atoms with Gasteiger partial charge in [-0.05, 0) is 18.1 Å². The van der Waals surface area contributed by atoms with Crippen molar-refractivity contribution in [1.29, 1.82) is 0 Å². The standard InChI is InChI=1S/C12H14ClN3O4/c1-6(2)8(10(17)16-12(14)19)20-11(18)7-4-3-5-15-9(7)13/h3-6,8H,1-2H3,(H3,14,16,17,19)/t8-/m1/s1. The number of hydrogen-bond acceptors (Lipinski definition) is 5. The van der Waals surface area contributed by atoms with Crippen LogP contribution in [-0.4, -0.2) is 29.0 Å². The molecule has 8 heteroatoms. The molecule has 108 valence electrons. The number of halogens is 1. The Labute approximate surface area is 120 Å². The Hall–Kier alpha value is -2.15. The van der Waals surface area contributed by atoms with E-state index in [9.17, 15) is 14.4 Å². The predicted octanol–water partition coefficient (Wildman–Crippen LogP) is 1.11. The lowest BCUT2D eigenvalue weighted by atomic mass is 10.1. The number of ether oxygens (including phenoxy) is 1. The molecule has 1 heterocycles. The molecule has 0 spiro atoms. The van der Waals surface area contributed by atoms with E-state index in [0.717, 1.165) is 0 Å². The molecule has 3 amide bonds. The summed E-state index contributed by atoms with van der Waals surface area (Å²) in [7, 11) is 0. The van der Waals surface area contributed by atoms with Crippen molar-refractivity contribution in [3.05, 3.63) is 29.0 Å². The molecule has 0 aromatic carbocycles. The van der Waals surface area contributed by atoms with Gasteiger partial charge in [-0.3, -0.25) is 10.1 Å². The first-order chi connectivity index (χ1) is 9.32. The Morgan fingerprint density at radius 1 is 1.40 bits per heavy atom. The largest absolute Gasteiger partial charge is 0.448 e. The Balaban J connectivity index is 2.86. The minimum Gasteiger partial charge on any atom is -0.448 e. The molecule has 0 aliphatic carbocycles. The van der Waals surface area contributed by atoms with Gasteiger partial charge in [0.1, 0.15) is 5.15 Å². The van der Waals surface area contributed by atoms with Crippen LogP contribution < -0.4 is 11.1 Å². The number of nitrogens with one attached hydrogen (secondary N) is 1. The smallest absolute Gasteiger partial charge is 0.342 e. The van der Waals surface area contributed by atoms with Crippen LogP contribution in [0.1, 0.15) is 24.2 Å². The first-order valence-electron chi connectivity index (χ1n) is 5.74. The van der Waals surface area contributed by atoms with E-state index in [1.165, 1.54) is 18.3 Å². The van der Waals surface area contributed by atoms with Crippen LogP contribution in [0.5, 0.6) is 0 Å². The van der Waals surface area contributed by atoms with E-state index in [1.54, 1.807) is 13.8 Å². The van der Waals surface area contributed by atoms with Gasteiger partial charge < -0.3 is 10.5 Å². The van der Waals surface area contributed by atoms with E-state index < -0.39 is 24.0 Å². The topological polar surface area (TPSA) is 111 Å². The van der Waals surface area contributed by atoms with Gasteiger partial charge in [0.05, 0.1) is 5.56 Å². The lowest BCUT2D eigenvalue weighted by Crippen LogP contribution is -2.45. The molecule has 0 saturated carbocycles. The molecule has 1 aromatic rings. The molecular formula is C12H14ClN3O4. The number of hydrogen-bond donors (Lipinski definition) is 2. The second-order valence-corrected chi connectivity index (χ2v) is 4.62. The third kappa shape index (κ3) is 4.20. The lowest BCUT2D eigenvalue weighted by Gasteiger charge is -2.19. The Morgan fingerprint density at radius 3 is 2.55 bits per heavy atom. The number of carbonyl (C=O) groups excluding carboxylic acids is 3. The highest BCUT2D eigenvalue weighted by Gasteiger charge is 2.28. The van der Waals surface area contributed by atoms with Crippen molar-refractivity contribution in [3.63, 3.8) is 0 Å². The number of urea groups is 1. The van der Waals surface area contributed by atoms with Crippen LogP contribution in [0.15, 0.2) is 18.3 Å². The van der Waals surface area contributed by atoms with E-state index in [1.807, 2.05) is 5.32 Å². The summed E-state index contributed by atoms with van der Waals surface area (Å²) in [5.41, 5.74) is 4.89. The van der Waals surface area contributed by atoms with Crippen LogP contribution in [-0.2, 0) is 9.53 Å². The number of nitrogens with zero attached hydrogens (tertiary/aromatic N) is 1. The summed E-state index contributed by atoms with van der Waals surface area (Å²) >= 11 is 5.76. The summed E-state index contributed by atoms with van der Waals surface area (Å²) in [5.74, 6) is -1.95. The van der Waals surface area contributed by atoms with Gasteiger partial charge >= 0.3 is 12.0 Å². The average molecular weight is 300 g/mol. The number of primary amides is 1. The fraction of sp³-hybridized carbons (Fsp3) is 0.333. The van der Waals surface area contributed by atoms with Crippen molar-refractivity contribution in [1.82, 2.24) is 10.3 Å². The van der Waals surface area contributed by atoms with Crippen molar-refractivity contribution < 1.29 is 19.1 Å². The van der Waals surface area contributed by atoms with E-state index in [4.69, 9.17) is 22.1 Å².